The number of rotatable bonds is 5. The number of benzene rings is 1. The molecule has 0 bridgehead atoms. The van der Waals surface area contributed by atoms with E-state index in [1.54, 1.807) is 24.0 Å². The van der Waals surface area contributed by atoms with E-state index in [-0.39, 0.29) is 11.2 Å². The van der Waals surface area contributed by atoms with Crippen molar-refractivity contribution in [3.8, 4) is 0 Å². The molecule has 0 fully saturated rings. The van der Waals surface area contributed by atoms with Gasteiger partial charge in [0.1, 0.15) is 11.4 Å². The fraction of sp³-hybridized carbons (Fsp3) is 0.0556. The number of fused-ring (bicyclic) bond motifs is 1. The minimum Gasteiger partial charge on any atom is -0.459 e. The summed E-state index contributed by atoms with van der Waals surface area (Å²) in [5, 5.41) is 11.2. The van der Waals surface area contributed by atoms with Crippen LogP contribution >= 0.6 is 11.8 Å². The van der Waals surface area contributed by atoms with E-state index in [2.05, 4.69) is 25.5 Å². The molecule has 134 valence electrons. The van der Waals surface area contributed by atoms with Gasteiger partial charge in [-0.05, 0) is 17.7 Å². The van der Waals surface area contributed by atoms with Crippen LogP contribution < -0.4 is 10.7 Å². The number of aromatic nitrogens is 4. The SMILES string of the molecule is O=C(Nc1cccc(CSc2ncnc3[nH]ncc23)c1)c1cc(=O)cco1. The molecule has 0 unspecified atom stereocenters. The zero-order valence-electron chi connectivity index (χ0n) is 13.9. The molecule has 4 rings (SSSR count). The van der Waals surface area contributed by atoms with E-state index in [0.717, 1.165) is 22.0 Å². The number of aromatic amines is 1. The van der Waals surface area contributed by atoms with Gasteiger partial charge in [-0.3, -0.25) is 14.7 Å². The lowest BCUT2D eigenvalue weighted by Gasteiger charge is -2.07. The smallest absolute Gasteiger partial charge is 0.291 e. The second-order valence-corrected chi connectivity index (χ2v) is 6.55. The van der Waals surface area contributed by atoms with Crippen molar-refractivity contribution in [1.29, 1.82) is 0 Å². The molecule has 0 saturated carbocycles. The van der Waals surface area contributed by atoms with Crippen LogP contribution in [-0.2, 0) is 5.75 Å². The largest absolute Gasteiger partial charge is 0.459 e. The predicted molar refractivity (Wildman–Crippen MR) is 101 cm³/mol. The van der Waals surface area contributed by atoms with Crippen LogP contribution in [-0.4, -0.2) is 26.1 Å². The first kappa shape index (κ1) is 17.0. The quantitative estimate of drug-likeness (QED) is 0.405. The van der Waals surface area contributed by atoms with E-state index in [4.69, 9.17) is 4.42 Å². The van der Waals surface area contributed by atoms with E-state index < -0.39 is 5.91 Å². The van der Waals surface area contributed by atoms with Crippen molar-refractivity contribution in [2.75, 3.05) is 5.32 Å². The van der Waals surface area contributed by atoms with Crippen LogP contribution in [0.2, 0.25) is 0 Å². The molecule has 0 aliphatic heterocycles. The Hall–Kier alpha value is -3.46. The minimum absolute atomic E-state index is 0.0365. The number of H-pyrrole nitrogens is 1. The van der Waals surface area contributed by atoms with Gasteiger partial charge in [-0.2, -0.15) is 5.10 Å². The number of carbonyl (C=O) groups is 1. The molecule has 1 aromatic carbocycles. The maximum absolute atomic E-state index is 12.2. The van der Waals surface area contributed by atoms with Crippen molar-refractivity contribution in [1.82, 2.24) is 20.2 Å². The van der Waals surface area contributed by atoms with Crippen LogP contribution in [0.3, 0.4) is 0 Å². The molecule has 9 heteroatoms. The summed E-state index contributed by atoms with van der Waals surface area (Å²) < 4.78 is 5.07. The molecule has 0 aliphatic rings. The molecule has 8 nitrogen and oxygen atoms in total. The van der Waals surface area contributed by atoms with Gasteiger partial charge in [-0.25, -0.2) is 9.97 Å². The average Bonchev–Trinajstić information content (AvgIpc) is 3.16. The van der Waals surface area contributed by atoms with Crippen LogP contribution in [0.25, 0.3) is 11.0 Å². The van der Waals surface area contributed by atoms with Gasteiger partial charge in [0, 0.05) is 23.6 Å². The Morgan fingerprint density at radius 2 is 2.15 bits per heavy atom. The monoisotopic (exact) mass is 379 g/mol. The lowest BCUT2D eigenvalue weighted by atomic mass is 10.2. The van der Waals surface area contributed by atoms with Gasteiger partial charge in [0.15, 0.2) is 16.8 Å². The fourth-order valence-corrected chi connectivity index (χ4v) is 3.36. The summed E-state index contributed by atoms with van der Waals surface area (Å²) in [4.78, 5) is 31.9. The van der Waals surface area contributed by atoms with Gasteiger partial charge in [0.25, 0.3) is 5.91 Å². The van der Waals surface area contributed by atoms with E-state index in [0.29, 0.717) is 17.1 Å². The van der Waals surface area contributed by atoms with Crippen LogP contribution in [0.15, 0.2) is 69.4 Å². The number of amides is 1. The molecule has 0 spiro atoms. The number of nitrogens with one attached hydrogen (secondary N) is 2. The summed E-state index contributed by atoms with van der Waals surface area (Å²) in [6, 6.07) is 9.84. The molecule has 3 heterocycles. The fourth-order valence-electron chi connectivity index (χ4n) is 2.45. The average molecular weight is 379 g/mol. The number of anilines is 1. The summed E-state index contributed by atoms with van der Waals surface area (Å²) in [6.07, 6.45) is 4.39. The topological polar surface area (TPSA) is 114 Å². The second-order valence-electron chi connectivity index (χ2n) is 5.59. The molecule has 0 aliphatic carbocycles. The van der Waals surface area contributed by atoms with Crippen molar-refractivity contribution >= 4 is 34.4 Å². The van der Waals surface area contributed by atoms with Crippen LogP contribution in [0.4, 0.5) is 5.69 Å². The molecule has 0 saturated heterocycles. The molecule has 27 heavy (non-hydrogen) atoms. The molecular weight excluding hydrogens is 366 g/mol. The maximum Gasteiger partial charge on any atom is 0.291 e. The van der Waals surface area contributed by atoms with E-state index in [1.165, 1.54) is 18.7 Å². The first-order valence-corrected chi connectivity index (χ1v) is 8.93. The zero-order chi connectivity index (χ0) is 18.6. The Balaban J connectivity index is 1.47. The van der Waals surface area contributed by atoms with Crippen molar-refractivity contribution in [2.45, 2.75) is 10.8 Å². The second kappa shape index (κ2) is 7.42. The Kier molecular flexibility index (Phi) is 4.67. The van der Waals surface area contributed by atoms with Crippen molar-refractivity contribution in [3.05, 3.63) is 76.7 Å². The molecule has 3 aromatic heterocycles. The molecule has 2 N–H and O–H groups in total. The van der Waals surface area contributed by atoms with Gasteiger partial charge in [0.2, 0.25) is 0 Å². The van der Waals surface area contributed by atoms with Gasteiger partial charge >= 0.3 is 0 Å². The third-order valence-corrected chi connectivity index (χ3v) is 4.77. The highest BCUT2D eigenvalue weighted by Gasteiger charge is 2.10. The lowest BCUT2D eigenvalue weighted by Crippen LogP contribution is -2.14. The van der Waals surface area contributed by atoms with Crippen molar-refractivity contribution in [2.24, 2.45) is 0 Å². The van der Waals surface area contributed by atoms with Gasteiger partial charge in [-0.15, -0.1) is 11.8 Å². The number of hydrogen-bond acceptors (Lipinski definition) is 7. The first-order valence-electron chi connectivity index (χ1n) is 7.95. The maximum atomic E-state index is 12.2. The Morgan fingerprint density at radius 1 is 1.22 bits per heavy atom. The Bertz CT molecular complexity index is 1170. The summed E-state index contributed by atoms with van der Waals surface area (Å²) >= 11 is 1.55. The van der Waals surface area contributed by atoms with E-state index >= 15 is 0 Å². The summed E-state index contributed by atoms with van der Waals surface area (Å²) in [5.74, 6) is 0.139. The van der Waals surface area contributed by atoms with Crippen LogP contribution in [0.1, 0.15) is 16.1 Å². The number of thioether (sulfide) groups is 1. The normalized spacial score (nSPS) is 10.8. The zero-order valence-corrected chi connectivity index (χ0v) is 14.7. The Labute approximate surface area is 157 Å². The van der Waals surface area contributed by atoms with Crippen molar-refractivity contribution in [3.63, 3.8) is 0 Å². The first-order chi connectivity index (χ1) is 13.2. The standard InChI is InChI=1S/C18H13N5O3S/c24-13-4-5-26-15(7-13)17(25)22-12-3-1-2-11(6-12)9-27-18-14-8-21-23-16(14)19-10-20-18/h1-8,10H,9H2,(H,22,25)(H,19,20,21,23). The molecule has 0 radical (unpaired) electrons. The van der Waals surface area contributed by atoms with Crippen LogP contribution in [0, 0.1) is 0 Å². The van der Waals surface area contributed by atoms with Gasteiger partial charge in [-0.1, -0.05) is 12.1 Å². The Morgan fingerprint density at radius 3 is 3.04 bits per heavy atom. The third kappa shape index (κ3) is 3.87. The molecule has 0 atom stereocenters. The third-order valence-electron chi connectivity index (χ3n) is 3.70. The lowest BCUT2D eigenvalue weighted by molar-refractivity contribution is 0.0994. The number of carbonyl (C=O) groups excluding carboxylic acids is 1. The number of hydrogen-bond donors (Lipinski definition) is 2. The van der Waals surface area contributed by atoms with Gasteiger partial charge < -0.3 is 9.73 Å². The summed E-state index contributed by atoms with van der Waals surface area (Å²) in [7, 11) is 0. The predicted octanol–water partition coefficient (Wildman–Crippen LogP) is 2.85. The number of nitrogens with zero attached hydrogens (tertiary/aromatic N) is 3. The molecule has 4 aromatic rings. The highest BCUT2D eigenvalue weighted by atomic mass is 32.2. The highest BCUT2D eigenvalue weighted by Crippen LogP contribution is 2.27. The van der Waals surface area contributed by atoms with Crippen LogP contribution in [0.5, 0.6) is 0 Å². The minimum atomic E-state index is -0.478. The molecular formula is C18H13N5O3S. The summed E-state index contributed by atoms with van der Waals surface area (Å²) in [6.45, 7) is 0. The van der Waals surface area contributed by atoms with E-state index in [1.807, 2.05) is 18.2 Å². The molecule has 1 amide bonds. The van der Waals surface area contributed by atoms with Gasteiger partial charge in [0.05, 0.1) is 17.8 Å². The van der Waals surface area contributed by atoms with Crippen molar-refractivity contribution < 1.29 is 9.21 Å². The highest BCUT2D eigenvalue weighted by molar-refractivity contribution is 7.98. The van der Waals surface area contributed by atoms with E-state index in [9.17, 15) is 9.59 Å². The summed E-state index contributed by atoms with van der Waals surface area (Å²) in [5.41, 5.74) is 2.02.